The van der Waals surface area contributed by atoms with Crippen molar-refractivity contribution in [1.29, 1.82) is 0 Å². The lowest BCUT2D eigenvalue weighted by atomic mass is 10.2. The number of nitrogen functional groups attached to an aromatic ring is 1. The number of hydrogen-bond acceptors (Lipinski definition) is 2. The molecule has 0 aliphatic rings. The zero-order valence-electron chi connectivity index (χ0n) is 10.8. The van der Waals surface area contributed by atoms with Gasteiger partial charge < -0.3 is 10.3 Å². The Morgan fingerprint density at radius 1 is 1.16 bits per heavy atom. The summed E-state index contributed by atoms with van der Waals surface area (Å²) in [4.78, 5) is 4.71. The van der Waals surface area contributed by atoms with E-state index in [0.717, 1.165) is 32.6 Å². The summed E-state index contributed by atoms with van der Waals surface area (Å²) in [5.41, 5.74) is 11.0. The molecule has 0 radical (unpaired) electrons. The largest absolute Gasteiger partial charge is 0.398 e. The molecular formula is C15H14BrN3. The van der Waals surface area contributed by atoms with E-state index in [9.17, 15) is 0 Å². The molecule has 3 rings (SSSR count). The molecular weight excluding hydrogens is 302 g/mol. The van der Waals surface area contributed by atoms with E-state index in [0.29, 0.717) is 0 Å². The van der Waals surface area contributed by atoms with Gasteiger partial charge in [-0.05, 0) is 58.7 Å². The van der Waals surface area contributed by atoms with E-state index in [1.807, 2.05) is 25.2 Å². The van der Waals surface area contributed by atoms with E-state index < -0.39 is 0 Å². The minimum absolute atomic E-state index is 0.723. The van der Waals surface area contributed by atoms with Crippen LogP contribution >= 0.6 is 15.9 Å². The number of imidazole rings is 1. The molecule has 0 aliphatic heterocycles. The van der Waals surface area contributed by atoms with Crippen molar-refractivity contribution in [2.24, 2.45) is 7.05 Å². The number of fused-ring (bicyclic) bond motifs is 1. The molecule has 0 saturated heterocycles. The maximum Gasteiger partial charge on any atom is 0.140 e. The lowest BCUT2D eigenvalue weighted by Gasteiger charge is -2.04. The number of benzene rings is 2. The highest BCUT2D eigenvalue weighted by Crippen LogP contribution is 2.28. The second-order valence-corrected chi connectivity index (χ2v) is 5.58. The van der Waals surface area contributed by atoms with Gasteiger partial charge in [-0.1, -0.05) is 6.07 Å². The molecule has 0 saturated carbocycles. The molecule has 19 heavy (non-hydrogen) atoms. The number of aromatic nitrogens is 2. The second kappa shape index (κ2) is 4.38. The zero-order chi connectivity index (χ0) is 13.6. The molecule has 3 nitrogen and oxygen atoms in total. The average molecular weight is 316 g/mol. The van der Waals surface area contributed by atoms with Gasteiger partial charge in [0, 0.05) is 22.8 Å². The van der Waals surface area contributed by atoms with E-state index in [1.54, 1.807) is 0 Å². The van der Waals surface area contributed by atoms with Gasteiger partial charge in [0.05, 0.1) is 11.0 Å². The van der Waals surface area contributed by atoms with E-state index >= 15 is 0 Å². The van der Waals surface area contributed by atoms with Crippen LogP contribution < -0.4 is 5.73 Å². The highest BCUT2D eigenvalue weighted by molar-refractivity contribution is 9.10. The molecule has 2 aromatic carbocycles. The topological polar surface area (TPSA) is 43.8 Å². The summed E-state index contributed by atoms with van der Waals surface area (Å²) in [6.45, 7) is 2.07. The first-order chi connectivity index (χ1) is 9.06. The van der Waals surface area contributed by atoms with Crippen molar-refractivity contribution in [3.8, 4) is 11.4 Å². The standard InChI is InChI=1S/C15H14BrN3/c1-9-3-6-14-13(7-9)18-15(19(14)2)10-4-5-11(16)12(17)8-10/h3-8H,17H2,1-2H3. The first kappa shape index (κ1) is 12.2. The predicted octanol–water partition coefficient (Wildman–Crippen LogP) is 3.89. The lowest BCUT2D eigenvalue weighted by molar-refractivity contribution is 0.959. The molecule has 0 bridgehead atoms. The van der Waals surface area contributed by atoms with Gasteiger partial charge in [-0.2, -0.15) is 0 Å². The molecule has 96 valence electrons. The third-order valence-corrected chi connectivity index (χ3v) is 4.01. The fourth-order valence-corrected chi connectivity index (χ4v) is 2.50. The molecule has 0 atom stereocenters. The highest BCUT2D eigenvalue weighted by atomic mass is 79.9. The van der Waals surface area contributed by atoms with Gasteiger partial charge in [-0.15, -0.1) is 0 Å². The molecule has 0 fully saturated rings. The van der Waals surface area contributed by atoms with Gasteiger partial charge in [0.15, 0.2) is 0 Å². The number of aryl methyl sites for hydroxylation is 2. The zero-order valence-corrected chi connectivity index (χ0v) is 12.4. The highest BCUT2D eigenvalue weighted by Gasteiger charge is 2.10. The molecule has 0 amide bonds. The van der Waals surface area contributed by atoms with Crippen LogP contribution in [0.15, 0.2) is 40.9 Å². The van der Waals surface area contributed by atoms with Crippen LogP contribution in [-0.4, -0.2) is 9.55 Å². The Kier molecular flexibility index (Phi) is 2.82. The van der Waals surface area contributed by atoms with Crippen molar-refractivity contribution in [1.82, 2.24) is 9.55 Å². The maximum atomic E-state index is 5.94. The van der Waals surface area contributed by atoms with Gasteiger partial charge in [0.25, 0.3) is 0 Å². The molecule has 0 spiro atoms. The SMILES string of the molecule is Cc1ccc2c(c1)nc(-c1ccc(Br)c(N)c1)n2C. The minimum Gasteiger partial charge on any atom is -0.398 e. The van der Waals surface area contributed by atoms with Crippen molar-refractivity contribution in [2.75, 3.05) is 5.73 Å². The van der Waals surface area contributed by atoms with Gasteiger partial charge in [0.1, 0.15) is 5.82 Å². The Hall–Kier alpha value is -1.81. The Morgan fingerprint density at radius 2 is 1.95 bits per heavy atom. The lowest BCUT2D eigenvalue weighted by Crippen LogP contribution is -1.94. The van der Waals surface area contributed by atoms with Crippen LogP contribution in [0.25, 0.3) is 22.4 Å². The average Bonchev–Trinajstić information content (AvgIpc) is 2.70. The van der Waals surface area contributed by atoms with Crippen molar-refractivity contribution in [3.05, 3.63) is 46.4 Å². The Morgan fingerprint density at radius 3 is 2.68 bits per heavy atom. The molecule has 1 aromatic heterocycles. The molecule has 3 aromatic rings. The first-order valence-electron chi connectivity index (χ1n) is 6.05. The molecule has 0 unspecified atom stereocenters. The van der Waals surface area contributed by atoms with Crippen LogP contribution in [-0.2, 0) is 7.05 Å². The van der Waals surface area contributed by atoms with Crippen LogP contribution in [0, 0.1) is 6.92 Å². The van der Waals surface area contributed by atoms with E-state index in [1.165, 1.54) is 5.56 Å². The predicted molar refractivity (Wildman–Crippen MR) is 83.0 cm³/mol. The van der Waals surface area contributed by atoms with E-state index in [4.69, 9.17) is 10.7 Å². The van der Waals surface area contributed by atoms with Gasteiger partial charge in [-0.25, -0.2) is 4.98 Å². The first-order valence-corrected chi connectivity index (χ1v) is 6.84. The summed E-state index contributed by atoms with van der Waals surface area (Å²) in [7, 11) is 2.03. The third-order valence-electron chi connectivity index (χ3n) is 3.29. The fourth-order valence-electron chi connectivity index (χ4n) is 2.25. The Bertz CT molecular complexity index is 774. The summed E-state index contributed by atoms with van der Waals surface area (Å²) in [5, 5.41) is 0. The number of anilines is 1. The van der Waals surface area contributed by atoms with Gasteiger partial charge >= 0.3 is 0 Å². The quantitative estimate of drug-likeness (QED) is 0.692. The fraction of sp³-hybridized carbons (Fsp3) is 0.133. The van der Waals surface area contributed by atoms with Gasteiger partial charge in [0.2, 0.25) is 0 Å². The van der Waals surface area contributed by atoms with Crippen LogP contribution in [0.4, 0.5) is 5.69 Å². The van der Waals surface area contributed by atoms with Crippen LogP contribution in [0.3, 0.4) is 0 Å². The van der Waals surface area contributed by atoms with E-state index in [-0.39, 0.29) is 0 Å². The maximum absolute atomic E-state index is 5.94. The van der Waals surface area contributed by atoms with Gasteiger partial charge in [-0.3, -0.25) is 0 Å². The smallest absolute Gasteiger partial charge is 0.140 e. The number of nitrogens with zero attached hydrogens (tertiary/aromatic N) is 2. The van der Waals surface area contributed by atoms with Crippen molar-refractivity contribution in [3.63, 3.8) is 0 Å². The van der Waals surface area contributed by atoms with Crippen LogP contribution in [0.5, 0.6) is 0 Å². The minimum atomic E-state index is 0.723. The number of halogens is 1. The molecule has 4 heteroatoms. The summed E-state index contributed by atoms with van der Waals surface area (Å²) in [5.74, 6) is 0.930. The Balaban J connectivity index is 2.24. The second-order valence-electron chi connectivity index (χ2n) is 4.72. The molecule has 1 heterocycles. The van der Waals surface area contributed by atoms with E-state index in [2.05, 4.69) is 45.6 Å². The third kappa shape index (κ3) is 2.02. The van der Waals surface area contributed by atoms with Crippen molar-refractivity contribution in [2.45, 2.75) is 6.92 Å². The monoisotopic (exact) mass is 315 g/mol. The van der Waals surface area contributed by atoms with Crippen molar-refractivity contribution < 1.29 is 0 Å². The normalized spacial score (nSPS) is 11.1. The Labute approximate surface area is 120 Å². The van der Waals surface area contributed by atoms with Crippen molar-refractivity contribution >= 4 is 32.7 Å². The summed E-state index contributed by atoms with van der Waals surface area (Å²) < 4.78 is 3.00. The number of nitrogens with two attached hydrogens (primary N) is 1. The number of hydrogen-bond donors (Lipinski definition) is 1. The summed E-state index contributed by atoms with van der Waals surface area (Å²) >= 11 is 3.41. The number of rotatable bonds is 1. The summed E-state index contributed by atoms with van der Waals surface area (Å²) in [6, 6.07) is 12.2. The summed E-state index contributed by atoms with van der Waals surface area (Å²) in [6.07, 6.45) is 0. The van der Waals surface area contributed by atoms with Crippen LogP contribution in [0.2, 0.25) is 0 Å². The molecule has 0 aliphatic carbocycles. The molecule has 2 N–H and O–H groups in total. The van der Waals surface area contributed by atoms with Crippen LogP contribution in [0.1, 0.15) is 5.56 Å².